The van der Waals surface area contributed by atoms with Crippen molar-refractivity contribution in [1.82, 2.24) is 10.4 Å². The largest absolute Gasteiger partial charge is 0.271 e. The van der Waals surface area contributed by atoms with Crippen molar-refractivity contribution in [2.45, 2.75) is 12.5 Å². The van der Waals surface area contributed by atoms with Crippen LogP contribution < -0.4 is 11.3 Å². The van der Waals surface area contributed by atoms with E-state index in [0.29, 0.717) is 0 Å². The number of rotatable bonds is 4. The molecule has 0 radical (unpaired) electrons. The lowest BCUT2D eigenvalue weighted by Gasteiger charge is -2.17. The number of nitrogens with two attached hydrogens (primary N) is 1. The molecule has 0 aliphatic rings. The highest BCUT2D eigenvalue weighted by Crippen LogP contribution is 2.22. The van der Waals surface area contributed by atoms with Crippen LogP contribution in [0.15, 0.2) is 60.8 Å². The molecule has 3 N–H and O–H groups in total. The lowest BCUT2D eigenvalue weighted by molar-refractivity contribution is 0.552. The summed E-state index contributed by atoms with van der Waals surface area (Å²) in [6, 6.07) is 18.1. The van der Waals surface area contributed by atoms with E-state index in [2.05, 4.69) is 34.7 Å². The Morgan fingerprint density at radius 3 is 2.67 bits per heavy atom. The summed E-state index contributed by atoms with van der Waals surface area (Å²) in [7, 11) is 0. The number of benzene rings is 2. The summed E-state index contributed by atoms with van der Waals surface area (Å²) < 4.78 is 0. The number of nitrogens with zero attached hydrogens (tertiary/aromatic N) is 1. The van der Waals surface area contributed by atoms with Crippen LogP contribution in [0.5, 0.6) is 0 Å². The number of pyridine rings is 1. The summed E-state index contributed by atoms with van der Waals surface area (Å²) in [5.74, 6) is 5.73. The molecule has 0 saturated heterocycles. The minimum absolute atomic E-state index is 0.0394. The van der Waals surface area contributed by atoms with E-state index in [4.69, 9.17) is 17.4 Å². The molecule has 106 valence electrons. The van der Waals surface area contributed by atoms with E-state index < -0.39 is 0 Å². The Labute approximate surface area is 128 Å². The van der Waals surface area contributed by atoms with Gasteiger partial charge in [0.25, 0.3) is 0 Å². The molecule has 0 aliphatic carbocycles. The first-order valence-electron chi connectivity index (χ1n) is 6.81. The van der Waals surface area contributed by atoms with Gasteiger partial charge < -0.3 is 0 Å². The second kappa shape index (κ2) is 6.22. The number of nitrogens with one attached hydrogen (secondary N) is 1. The monoisotopic (exact) mass is 297 g/mol. The number of fused-ring (bicyclic) bond motifs is 1. The van der Waals surface area contributed by atoms with Crippen molar-refractivity contribution in [3.8, 4) is 0 Å². The second-order valence-corrected chi connectivity index (χ2v) is 5.44. The molecule has 0 saturated carbocycles. The van der Waals surface area contributed by atoms with Crippen molar-refractivity contribution in [3.05, 3.63) is 76.9 Å². The molecule has 4 heteroatoms. The number of hydrogen-bond acceptors (Lipinski definition) is 3. The van der Waals surface area contributed by atoms with Crippen LogP contribution in [0.2, 0.25) is 5.02 Å². The molecule has 0 amide bonds. The maximum Gasteiger partial charge on any atom is 0.0705 e. The fourth-order valence-corrected chi connectivity index (χ4v) is 2.56. The summed E-state index contributed by atoms with van der Waals surface area (Å²) in [6.45, 7) is 0. The first-order valence-corrected chi connectivity index (χ1v) is 7.19. The highest BCUT2D eigenvalue weighted by Gasteiger charge is 2.11. The van der Waals surface area contributed by atoms with Gasteiger partial charge in [0.2, 0.25) is 0 Å². The highest BCUT2D eigenvalue weighted by atomic mass is 35.5. The minimum Gasteiger partial charge on any atom is -0.271 e. The van der Waals surface area contributed by atoms with E-state index in [1.54, 1.807) is 6.20 Å². The van der Waals surface area contributed by atoms with Crippen molar-refractivity contribution in [2.75, 3.05) is 0 Å². The Bertz CT molecular complexity index is 740. The van der Waals surface area contributed by atoms with Crippen molar-refractivity contribution >= 4 is 22.5 Å². The molecule has 3 nitrogen and oxygen atoms in total. The van der Waals surface area contributed by atoms with Crippen molar-refractivity contribution in [3.63, 3.8) is 0 Å². The molecule has 3 aromatic rings. The quantitative estimate of drug-likeness (QED) is 0.571. The SMILES string of the molecule is NNC(Cc1ccc(Cl)cc1)c1ccc2cccnc2c1. The third-order valence-corrected chi connectivity index (χ3v) is 3.84. The summed E-state index contributed by atoms with van der Waals surface area (Å²) in [5, 5.41) is 1.87. The molecule has 1 heterocycles. The highest BCUT2D eigenvalue weighted by molar-refractivity contribution is 6.30. The van der Waals surface area contributed by atoms with Gasteiger partial charge in [-0.15, -0.1) is 0 Å². The zero-order chi connectivity index (χ0) is 14.7. The summed E-state index contributed by atoms with van der Waals surface area (Å²) >= 11 is 5.92. The van der Waals surface area contributed by atoms with E-state index in [9.17, 15) is 0 Å². The van der Waals surface area contributed by atoms with Crippen molar-refractivity contribution in [1.29, 1.82) is 0 Å². The Balaban J connectivity index is 1.88. The molecule has 0 bridgehead atoms. The van der Waals surface area contributed by atoms with Crippen LogP contribution in [0.25, 0.3) is 10.9 Å². The van der Waals surface area contributed by atoms with Gasteiger partial charge in [0.05, 0.1) is 11.6 Å². The topological polar surface area (TPSA) is 50.9 Å². The summed E-state index contributed by atoms with van der Waals surface area (Å²) in [5.41, 5.74) is 6.17. The fourth-order valence-electron chi connectivity index (χ4n) is 2.43. The maximum absolute atomic E-state index is 5.92. The first kappa shape index (κ1) is 14.0. The van der Waals surface area contributed by atoms with Gasteiger partial charge in [-0.3, -0.25) is 16.3 Å². The van der Waals surface area contributed by atoms with Crippen molar-refractivity contribution < 1.29 is 0 Å². The van der Waals surface area contributed by atoms with Crippen molar-refractivity contribution in [2.24, 2.45) is 5.84 Å². The molecule has 2 aromatic carbocycles. The van der Waals surface area contributed by atoms with E-state index in [1.807, 2.05) is 30.3 Å². The third-order valence-electron chi connectivity index (χ3n) is 3.59. The molecule has 1 unspecified atom stereocenters. The first-order chi connectivity index (χ1) is 10.3. The van der Waals surface area contributed by atoms with Crippen LogP contribution in [0.3, 0.4) is 0 Å². The average molecular weight is 298 g/mol. The van der Waals surface area contributed by atoms with E-state index >= 15 is 0 Å². The van der Waals surface area contributed by atoms with Gasteiger partial charge in [-0.25, -0.2) is 0 Å². The molecule has 1 aromatic heterocycles. The lowest BCUT2D eigenvalue weighted by atomic mass is 9.98. The van der Waals surface area contributed by atoms with Gasteiger partial charge in [-0.05, 0) is 41.8 Å². The molecule has 0 aliphatic heterocycles. The fraction of sp³-hybridized carbons (Fsp3) is 0.118. The molecule has 0 fully saturated rings. The molecular weight excluding hydrogens is 282 g/mol. The van der Waals surface area contributed by atoms with E-state index in [-0.39, 0.29) is 6.04 Å². The van der Waals surface area contributed by atoms with Crippen LogP contribution >= 0.6 is 11.6 Å². The Morgan fingerprint density at radius 2 is 1.90 bits per heavy atom. The van der Waals surface area contributed by atoms with Gasteiger partial charge >= 0.3 is 0 Å². The number of hydrazine groups is 1. The van der Waals surface area contributed by atoms with Crippen LogP contribution in [-0.2, 0) is 6.42 Å². The average Bonchev–Trinajstić information content (AvgIpc) is 2.54. The van der Waals surface area contributed by atoms with Gasteiger partial charge in [0.1, 0.15) is 0 Å². The molecule has 1 atom stereocenters. The number of hydrogen-bond donors (Lipinski definition) is 2. The third kappa shape index (κ3) is 3.22. The van der Waals surface area contributed by atoms with E-state index in [0.717, 1.165) is 27.9 Å². The van der Waals surface area contributed by atoms with E-state index in [1.165, 1.54) is 5.56 Å². The zero-order valence-electron chi connectivity index (χ0n) is 11.5. The Kier molecular flexibility index (Phi) is 4.15. The van der Waals surface area contributed by atoms with Gasteiger partial charge in [-0.2, -0.15) is 0 Å². The minimum atomic E-state index is 0.0394. The Hall–Kier alpha value is -1.94. The predicted molar refractivity (Wildman–Crippen MR) is 87.0 cm³/mol. The molecule has 0 spiro atoms. The molecular formula is C17H16ClN3. The smallest absolute Gasteiger partial charge is 0.0705 e. The van der Waals surface area contributed by atoms with Crippen LogP contribution in [0, 0.1) is 0 Å². The summed E-state index contributed by atoms with van der Waals surface area (Å²) in [6.07, 6.45) is 2.60. The van der Waals surface area contributed by atoms with Gasteiger partial charge in [-0.1, -0.05) is 41.9 Å². The molecule has 21 heavy (non-hydrogen) atoms. The number of halogens is 1. The molecule has 3 rings (SSSR count). The second-order valence-electron chi connectivity index (χ2n) is 5.01. The summed E-state index contributed by atoms with van der Waals surface area (Å²) in [4.78, 5) is 4.39. The van der Waals surface area contributed by atoms with Gasteiger partial charge in [0.15, 0.2) is 0 Å². The normalized spacial score (nSPS) is 12.5. The Morgan fingerprint density at radius 1 is 1.10 bits per heavy atom. The standard InChI is InChI=1S/C17H16ClN3/c18-15-7-3-12(4-8-15)10-17(21-19)14-6-5-13-2-1-9-20-16(13)11-14/h1-9,11,17,21H,10,19H2. The number of aromatic nitrogens is 1. The van der Waals surface area contributed by atoms with Crippen LogP contribution in [0.1, 0.15) is 17.2 Å². The van der Waals surface area contributed by atoms with Gasteiger partial charge in [0, 0.05) is 16.6 Å². The van der Waals surface area contributed by atoms with Crippen LogP contribution in [0.4, 0.5) is 0 Å². The predicted octanol–water partition coefficient (Wildman–Crippen LogP) is 3.64. The van der Waals surface area contributed by atoms with Crippen LogP contribution in [-0.4, -0.2) is 4.98 Å². The lowest BCUT2D eigenvalue weighted by Crippen LogP contribution is -2.29. The zero-order valence-corrected chi connectivity index (χ0v) is 12.2. The maximum atomic E-state index is 5.92.